The molecule has 2 aromatic carbocycles. The highest BCUT2D eigenvalue weighted by Crippen LogP contribution is 2.32. The number of ether oxygens (including phenoxy) is 3. The third-order valence-corrected chi connectivity index (χ3v) is 5.42. The summed E-state index contributed by atoms with van der Waals surface area (Å²) in [6.45, 7) is 7.97. The monoisotopic (exact) mass is 411 g/mol. The van der Waals surface area contributed by atoms with Gasteiger partial charge in [-0.3, -0.25) is 9.69 Å². The molecule has 2 aliphatic heterocycles. The average molecular weight is 412 g/mol. The molecule has 0 saturated carbocycles. The Kier molecular flexibility index (Phi) is 6.84. The van der Waals surface area contributed by atoms with E-state index in [4.69, 9.17) is 14.2 Å². The van der Waals surface area contributed by atoms with Gasteiger partial charge in [0.2, 0.25) is 5.91 Å². The van der Waals surface area contributed by atoms with Crippen molar-refractivity contribution in [1.29, 1.82) is 0 Å². The van der Waals surface area contributed by atoms with Crippen LogP contribution in [-0.4, -0.2) is 56.4 Å². The molecule has 7 heteroatoms. The van der Waals surface area contributed by atoms with Crippen LogP contribution in [0.25, 0.3) is 0 Å². The van der Waals surface area contributed by atoms with Crippen molar-refractivity contribution in [3.05, 3.63) is 53.6 Å². The first-order chi connectivity index (χ1) is 14.7. The van der Waals surface area contributed by atoms with Crippen LogP contribution >= 0.6 is 0 Å². The first-order valence-corrected chi connectivity index (χ1v) is 10.5. The van der Waals surface area contributed by atoms with Crippen LogP contribution in [-0.2, 0) is 22.6 Å². The topological polar surface area (TPSA) is 72.1 Å². The first kappa shape index (κ1) is 20.7. The SMILES string of the molecule is C[C@@H](NCc1ccccc1CN1CCOCC1)C(=O)Nc1ccc2c(c1)OCCO2. The summed E-state index contributed by atoms with van der Waals surface area (Å²) in [4.78, 5) is 15.0. The van der Waals surface area contributed by atoms with Crippen LogP contribution < -0.4 is 20.1 Å². The predicted octanol–water partition coefficient (Wildman–Crippen LogP) is 2.41. The van der Waals surface area contributed by atoms with Gasteiger partial charge in [0.15, 0.2) is 11.5 Å². The second-order valence-corrected chi connectivity index (χ2v) is 7.61. The van der Waals surface area contributed by atoms with Gasteiger partial charge >= 0.3 is 0 Å². The molecule has 2 N–H and O–H groups in total. The van der Waals surface area contributed by atoms with Crippen molar-refractivity contribution in [3.63, 3.8) is 0 Å². The largest absolute Gasteiger partial charge is 0.486 e. The second-order valence-electron chi connectivity index (χ2n) is 7.61. The maximum atomic E-state index is 12.6. The minimum Gasteiger partial charge on any atom is -0.486 e. The maximum Gasteiger partial charge on any atom is 0.241 e. The van der Waals surface area contributed by atoms with Gasteiger partial charge in [-0.1, -0.05) is 24.3 Å². The van der Waals surface area contributed by atoms with Crippen molar-refractivity contribution in [2.45, 2.75) is 26.1 Å². The van der Waals surface area contributed by atoms with Crippen LogP contribution in [0.15, 0.2) is 42.5 Å². The Morgan fingerprint density at radius 2 is 1.73 bits per heavy atom. The van der Waals surface area contributed by atoms with E-state index >= 15 is 0 Å². The minimum atomic E-state index is -0.338. The molecule has 1 fully saturated rings. The lowest BCUT2D eigenvalue weighted by Crippen LogP contribution is -2.38. The minimum absolute atomic E-state index is 0.0858. The molecule has 1 saturated heterocycles. The Labute approximate surface area is 177 Å². The lowest BCUT2D eigenvalue weighted by molar-refractivity contribution is -0.117. The van der Waals surface area contributed by atoms with Gasteiger partial charge in [0.25, 0.3) is 0 Å². The second kappa shape index (κ2) is 9.93. The molecule has 0 spiro atoms. The summed E-state index contributed by atoms with van der Waals surface area (Å²) >= 11 is 0. The molecule has 2 aromatic rings. The molecular formula is C23H29N3O4. The number of fused-ring (bicyclic) bond motifs is 1. The highest BCUT2D eigenvalue weighted by Gasteiger charge is 2.17. The molecule has 0 radical (unpaired) electrons. The smallest absolute Gasteiger partial charge is 0.241 e. The molecule has 1 amide bonds. The third-order valence-electron chi connectivity index (χ3n) is 5.42. The number of morpholine rings is 1. The fourth-order valence-electron chi connectivity index (χ4n) is 3.61. The normalized spacial score (nSPS) is 17.4. The molecule has 2 heterocycles. The van der Waals surface area contributed by atoms with Crippen LogP contribution in [0.5, 0.6) is 11.5 Å². The van der Waals surface area contributed by atoms with Crippen molar-refractivity contribution in [2.75, 3.05) is 44.8 Å². The zero-order valence-corrected chi connectivity index (χ0v) is 17.4. The molecule has 160 valence electrons. The van der Waals surface area contributed by atoms with E-state index in [-0.39, 0.29) is 11.9 Å². The van der Waals surface area contributed by atoms with Crippen LogP contribution in [0.3, 0.4) is 0 Å². The zero-order chi connectivity index (χ0) is 20.8. The molecule has 1 atom stereocenters. The summed E-state index contributed by atoms with van der Waals surface area (Å²) in [6, 6.07) is 13.5. The zero-order valence-electron chi connectivity index (χ0n) is 17.4. The van der Waals surface area contributed by atoms with Crippen molar-refractivity contribution in [1.82, 2.24) is 10.2 Å². The number of nitrogens with one attached hydrogen (secondary N) is 2. The molecular weight excluding hydrogens is 382 g/mol. The van der Waals surface area contributed by atoms with Gasteiger partial charge in [0, 0.05) is 37.9 Å². The van der Waals surface area contributed by atoms with E-state index in [0.717, 1.165) is 32.8 Å². The molecule has 30 heavy (non-hydrogen) atoms. The van der Waals surface area contributed by atoms with Gasteiger partial charge < -0.3 is 24.8 Å². The van der Waals surface area contributed by atoms with Crippen LogP contribution in [0, 0.1) is 0 Å². The number of benzene rings is 2. The van der Waals surface area contributed by atoms with E-state index < -0.39 is 0 Å². The van der Waals surface area contributed by atoms with Crippen LogP contribution in [0.2, 0.25) is 0 Å². The van der Waals surface area contributed by atoms with E-state index in [1.165, 1.54) is 11.1 Å². The number of carbonyl (C=O) groups excluding carboxylic acids is 1. The molecule has 0 bridgehead atoms. The van der Waals surface area contributed by atoms with Crippen molar-refractivity contribution in [3.8, 4) is 11.5 Å². The molecule has 0 aromatic heterocycles. The molecule has 0 unspecified atom stereocenters. The maximum absolute atomic E-state index is 12.6. The highest BCUT2D eigenvalue weighted by atomic mass is 16.6. The van der Waals surface area contributed by atoms with E-state index in [2.05, 4.69) is 33.7 Å². The quantitative estimate of drug-likeness (QED) is 0.729. The molecule has 4 rings (SSSR count). The fourth-order valence-corrected chi connectivity index (χ4v) is 3.61. The van der Waals surface area contributed by atoms with Gasteiger partial charge in [-0.25, -0.2) is 0 Å². The number of carbonyl (C=O) groups is 1. The Balaban J connectivity index is 1.32. The molecule has 0 aliphatic carbocycles. The van der Waals surface area contributed by atoms with Gasteiger partial charge in [-0.2, -0.15) is 0 Å². The van der Waals surface area contributed by atoms with Crippen molar-refractivity contribution in [2.24, 2.45) is 0 Å². The highest BCUT2D eigenvalue weighted by molar-refractivity contribution is 5.94. The Morgan fingerprint density at radius 1 is 1.00 bits per heavy atom. The predicted molar refractivity (Wildman–Crippen MR) is 115 cm³/mol. The number of nitrogens with zero attached hydrogens (tertiary/aromatic N) is 1. The van der Waals surface area contributed by atoms with Gasteiger partial charge in [0.1, 0.15) is 13.2 Å². The summed E-state index contributed by atoms with van der Waals surface area (Å²) < 4.78 is 16.5. The summed E-state index contributed by atoms with van der Waals surface area (Å²) in [5.74, 6) is 1.29. The lowest BCUT2D eigenvalue weighted by Gasteiger charge is -2.27. The Bertz CT molecular complexity index is 867. The first-order valence-electron chi connectivity index (χ1n) is 10.5. The number of hydrogen-bond acceptors (Lipinski definition) is 6. The molecule has 2 aliphatic rings. The van der Waals surface area contributed by atoms with Crippen molar-refractivity contribution >= 4 is 11.6 Å². The fraction of sp³-hybridized carbons (Fsp3) is 0.435. The number of anilines is 1. The number of hydrogen-bond donors (Lipinski definition) is 2. The summed E-state index contributed by atoms with van der Waals surface area (Å²) in [5, 5.41) is 6.30. The van der Waals surface area contributed by atoms with E-state index in [1.807, 2.05) is 25.1 Å². The number of amides is 1. The number of rotatable bonds is 7. The average Bonchev–Trinajstić information content (AvgIpc) is 2.79. The van der Waals surface area contributed by atoms with E-state index in [0.29, 0.717) is 36.9 Å². The Morgan fingerprint density at radius 3 is 2.53 bits per heavy atom. The Hall–Kier alpha value is -2.61. The van der Waals surface area contributed by atoms with Gasteiger partial charge in [-0.15, -0.1) is 0 Å². The van der Waals surface area contributed by atoms with Gasteiger partial charge in [0.05, 0.1) is 19.3 Å². The van der Waals surface area contributed by atoms with E-state index in [9.17, 15) is 4.79 Å². The van der Waals surface area contributed by atoms with Crippen LogP contribution in [0.1, 0.15) is 18.1 Å². The summed E-state index contributed by atoms with van der Waals surface area (Å²) in [6.07, 6.45) is 0. The third kappa shape index (κ3) is 5.30. The summed E-state index contributed by atoms with van der Waals surface area (Å²) in [5.41, 5.74) is 3.19. The van der Waals surface area contributed by atoms with Gasteiger partial charge in [-0.05, 0) is 30.2 Å². The van der Waals surface area contributed by atoms with Crippen molar-refractivity contribution < 1.29 is 19.0 Å². The lowest BCUT2D eigenvalue weighted by atomic mass is 10.1. The molecule has 7 nitrogen and oxygen atoms in total. The van der Waals surface area contributed by atoms with E-state index in [1.54, 1.807) is 6.07 Å². The summed E-state index contributed by atoms with van der Waals surface area (Å²) in [7, 11) is 0. The standard InChI is InChI=1S/C23H29N3O4/c1-17(23(27)25-20-6-7-21-22(14-20)30-13-12-29-21)24-15-18-4-2-3-5-19(18)16-26-8-10-28-11-9-26/h2-7,14,17,24H,8-13,15-16H2,1H3,(H,25,27)/t17-/m1/s1. The van der Waals surface area contributed by atoms with Crippen LogP contribution in [0.4, 0.5) is 5.69 Å².